The second-order valence-electron chi connectivity index (χ2n) is 6.60. The molecule has 0 unspecified atom stereocenters. The fraction of sp³-hybridized carbons (Fsp3) is 0.364. The zero-order valence-corrected chi connectivity index (χ0v) is 15.9. The van der Waals surface area contributed by atoms with E-state index in [1.807, 2.05) is 12.1 Å². The zero-order chi connectivity index (χ0) is 17.3. The highest BCUT2D eigenvalue weighted by Gasteiger charge is 2.03. The number of allylic oxidation sites excluding steroid dienone is 1. The van der Waals surface area contributed by atoms with E-state index < -0.39 is 0 Å². The van der Waals surface area contributed by atoms with Gasteiger partial charge in [-0.25, -0.2) is 4.39 Å². The highest BCUT2D eigenvalue weighted by atomic mass is 35.5. The first kappa shape index (κ1) is 20.5. The highest BCUT2D eigenvalue weighted by molar-refractivity contribution is 5.85. The van der Waals surface area contributed by atoms with Crippen molar-refractivity contribution in [3.05, 3.63) is 77.1 Å². The lowest BCUT2D eigenvalue weighted by atomic mass is 9.97. The van der Waals surface area contributed by atoms with Gasteiger partial charge in [-0.2, -0.15) is 0 Å². The van der Waals surface area contributed by atoms with Crippen molar-refractivity contribution in [2.24, 2.45) is 0 Å². The van der Waals surface area contributed by atoms with Crippen molar-refractivity contribution in [1.29, 1.82) is 0 Å². The summed E-state index contributed by atoms with van der Waals surface area (Å²) >= 11 is 0. The summed E-state index contributed by atoms with van der Waals surface area (Å²) in [6, 6.07) is 14.6. The normalized spacial score (nSPS) is 13.7. The third kappa shape index (κ3) is 6.81. The Morgan fingerprint density at radius 1 is 1.00 bits per heavy atom. The first-order chi connectivity index (χ1) is 12.3. The molecule has 0 amide bonds. The van der Waals surface area contributed by atoms with Gasteiger partial charge in [0, 0.05) is 6.54 Å². The molecule has 0 aliphatic heterocycles. The van der Waals surface area contributed by atoms with Crippen LogP contribution < -0.4 is 10.1 Å². The van der Waals surface area contributed by atoms with Crippen molar-refractivity contribution in [1.82, 2.24) is 5.32 Å². The lowest BCUT2D eigenvalue weighted by molar-refractivity contribution is 0.305. The van der Waals surface area contributed by atoms with E-state index in [0.29, 0.717) is 6.61 Å². The van der Waals surface area contributed by atoms with Crippen LogP contribution in [0.25, 0.3) is 0 Å². The van der Waals surface area contributed by atoms with Gasteiger partial charge < -0.3 is 10.1 Å². The van der Waals surface area contributed by atoms with Crippen LogP contribution in [0.1, 0.15) is 43.2 Å². The summed E-state index contributed by atoms with van der Waals surface area (Å²) in [5.74, 6) is 0.624. The smallest absolute Gasteiger partial charge is 0.123 e. The summed E-state index contributed by atoms with van der Waals surface area (Å²) in [6.45, 7) is 2.32. The van der Waals surface area contributed by atoms with Crippen molar-refractivity contribution in [3.8, 4) is 5.75 Å². The van der Waals surface area contributed by atoms with E-state index in [1.165, 1.54) is 43.4 Å². The highest BCUT2D eigenvalue weighted by Crippen LogP contribution is 2.19. The predicted octanol–water partition coefficient (Wildman–Crippen LogP) is 5.81. The summed E-state index contributed by atoms with van der Waals surface area (Å²) in [4.78, 5) is 0. The summed E-state index contributed by atoms with van der Waals surface area (Å²) in [5.41, 5.74) is 3.79. The minimum Gasteiger partial charge on any atom is -0.489 e. The molecule has 2 aromatic rings. The van der Waals surface area contributed by atoms with Crippen molar-refractivity contribution < 1.29 is 9.13 Å². The number of rotatable bonds is 8. The van der Waals surface area contributed by atoms with Gasteiger partial charge in [0.25, 0.3) is 0 Å². The van der Waals surface area contributed by atoms with Gasteiger partial charge in [0.15, 0.2) is 0 Å². The molecule has 4 heteroatoms. The number of halogens is 2. The Labute approximate surface area is 161 Å². The standard InChI is InChI=1S/C22H26FNO.ClH/c23-21-11-9-19(10-12-21)17-25-22-8-4-7-20(15-22)16-24-14-13-18-5-2-1-3-6-18;/h4-5,7-12,15,24H,1-3,6,13-14,16-17H2;1H. The Balaban J connectivity index is 0.00000243. The molecule has 0 radical (unpaired) electrons. The van der Waals surface area contributed by atoms with Crippen LogP contribution in [0.5, 0.6) is 5.75 Å². The number of hydrogen-bond donors (Lipinski definition) is 1. The van der Waals surface area contributed by atoms with Gasteiger partial charge in [0.2, 0.25) is 0 Å². The van der Waals surface area contributed by atoms with Gasteiger partial charge in [-0.15, -0.1) is 12.4 Å². The topological polar surface area (TPSA) is 21.3 Å². The molecule has 0 fully saturated rings. The maximum atomic E-state index is 12.9. The second-order valence-corrected chi connectivity index (χ2v) is 6.60. The largest absolute Gasteiger partial charge is 0.489 e. The van der Waals surface area contributed by atoms with Crippen LogP contribution in [0, 0.1) is 5.82 Å². The van der Waals surface area contributed by atoms with Gasteiger partial charge in [-0.3, -0.25) is 0 Å². The minimum absolute atomic E-state index is 0. The van der Waals surface area contributed by atoms with Gasteiger partial charge in [-0.05, 0) is 74.0 Å². The summed E-state index contributed by atoms with van der Waals surface area (Å²) < 4.78 is 18.7. The second kappa shape index (κ2) is 11.0. The molecule has 140 valence electrons. The minimum atomic E-state index is -0.221. The summed E-state index contributed by atoms with van der Waals surface area (Å²) in [7, 11) is 0. The van der Waals surface area contributed by atoms with Gasteiger partial charge in [-0.1, -0.05) is 35.9 Å². The molecular weight excluding hydrogens is 349 g/mol. The number of hydrogen-bond acceptors (Lipinski definition) is 2. The van der Waals surface area contributed by atoms with Crippen molar-refractivity contribution in [3.63, 3.8) is 0 Å². The van der Waals surface area contributed by atoms with E-state index in [9.17, 15) is 4.39 Å². The molecule has 2 nitrogen and oxygen atoms in total. The zero-order valence-electron chi connectivity index (χ0n) is 15.0. The molecule has 1 N–H and O–H groups in total. The monoisotopic (exact) mass is 375 g/mol. The van der Waals surface area contributed by atoms with Crippen LogP contribution in [-0.2, 0) is 13.2 Å². The first-order valence-corrected chi connectivity index (χ1v) is 9.14. The van der Waals surface area contributed by atoms with E-state index >= 15 is 0 Å². The Morgan fingerprint density at radius 2 is 1.85 bits per heavy atom. The van der Waals surface area contributed by atoms with E-state index in [1.54, 1.807) is 17.7 Å². The molecule has 2 aromatic carbocycles. The SMILES string of the molecule is Cl.Fc1ccc(COc2cccc(CNCCC3=CCCCC3)c2)cc1. The lowest BCUT2D eigenvalue weighted by Gasteiger charge is -2.13. The molecule has 1 aliphatic rings. The molecule has 0 atom stereocenters. The Hall–Kier alpha value is -1.84. The van der Waals surface area contributed by atoms with Crippen LogP contribution in [0.4, 0.5) is 4.39 Å². The summed E-state index contributed by atoms with van der Waals surface area (Å²) in [5, 5.41) is 3.52. The molecule has 0 saturated carbocycles. The quantitative estimate of drug-likeness (QED) is 0.464. The molecule has 0 saturated heterocycles. The number of nitrogens with one attached hydrogen (secondary N) is 1. The molecule has 0 aromatic heterocycles. The van der Waals surface area contributed by atoms with Crippen molar-refractivity contribution in [2.45, 2.75) is 45.3 Å². The lowest BCUT2D eigenvalue weighted by Crippen LogP contribution is -2.15. The van der Waals surface area contributed by atoms with E-state index in [4.69, 9.17) is 4.74 Å². The van der Waals surface area contributed by atoms with Crippen LogP contribution >= 0.6 is 12.4 Å². The third-order valence-corrected chi connectivity index (χ3v) is 4.55. The molecule has 3 rings (SSSR count). The maximum absolute atomic E-state index is 12.9. The third-order valence-electron chi connectivity index (χ3n) is 4.55. The predicted molar refractivity (Wildman–Crippen MR) is 107 cm³/mol. The fourth-order valence-corrected chi connectivity index (χ4v) is 3.11. The summed E-state index contributed by atoms with van der Waals surface area (Å²) in [6.07, 6.45) is 8.79. The van der Waals surface area contributed by atoms with Crippen LogP contribution in [-0.4, -0.2) is 6.54 Å². The first-order valence-electron chi connectivity index (χ1n) is 9.14. The van der Waals surface area contributed by atoms with Crippen molar-refractivity contribution >= 4 is 12.4 Å². The van der Waals surface area contributed by atoms with Crippen molar-refractivity contribution in [2.75, 3.05) is 6.54 Å². The van der Waals surface area contributed by atoms with E-state index in [0.717, 1.165) is 30.8 Å². The van der Waals surface area contributed by atoms with E-state index in [-0.39, 0.29) is 18.2 Å². The van der Waals surface area contributed by atoms with Crippen LogP contribution in [0.2, 0.25) is 0 Å². The molecular formula is C22H27ClFNO. The molecule has 26 heavy (non-hydrogen) atoms. The molecule has 1 aliphatic carbocycles. The molecule has 0 bridgehead atoms. The maximum Gasteiger partial charge on any atom is 0.123 e. The average molecular weight is 376 g/mol. The Kier molecular flexibility index (Phi) is 8.66. The molecule has 0 spiro atoms. The Bertz CT molecular complexity index is 700. The van der Waals surface area contributed by atoms with Crippen LogP contribution in [0.15, 0.2) is 60.2 Å². The average Bonchev–Trinajstić information content (AvgIpc) is 2.66. The number of benzene rings is 2. The number of ether oxygens (including phenoxy) is 1. The van der Waals surface area contributed by atoms with Crippen LogP contribution in [0.3, 0.4) is 0 Å². The fourth-order valence-electron chi connectivity index (χ4n) is 3.11. The van der Waals surface area contributed by atoms with Gasteiger partial charge in [0.05, 0.1) is 0 Å². The van der Waals surface area contributed by atoms with E-state index in [2.05, 4.69) is 23.5 Å². The Morgan fingerprint density at radius 3 is 2.62 bits per heavy atom. The van der Waals surface area contributed by atoms with Gasteiger partial charge >= 0.3 is 0 Å². The molecule has 0 heterocycles. The van der Waals surface area contributed by atoms with Gasteiger partial charge in [0.1, 0.15) is 18.2 Å².